The molecule has 0 saturated carbocycles. The van der Waals surface area contributed by atoms with Gasteiger partial charge in [-0.05, 0) is 23.8 Å². The minimum atomic E-state index is -0.944. The molecule has 0 fully saturated rings. The molecule has 1 aromatic rings. The molecule has 3 heterocycles. The van der Waals surface area contributed by atoms with Gasteiger partial charge in [0.05, 0.1) is 32.2 Å². The molecule has 0 saturated heterocycles. The average Bonchev–Trinajstić information content (AvgIpc) is 3.06. The van der Waals surface area contributed by atoms with Gasteiger partial charge >= 0.3 is 5.97 Å². The lowest BCUT2D eigenvalue weighted by atomic mass is 10.1. The molecule has 132 valence electrons. The predicted octanol–water partition coefficient (Wildman–Crippen LogP) is 0.722. The molecular formula is C17H20N4O4. The largest absolute Gasteiger partial charge is 0.483 e. The van der Waals surface area contributed by atoms with E-state index in [2.05, 4.69) is 15.7 Å². The van der Waals surface area contributed by atoms with E-state index in [9.17, 15) is 9.90 Å². The number of carboxylic acid groups (broad SMARTS) is 1. The highest BCUT2D eigenvalue weighted by Gasteiger charge is 2.29. The Labute approximate surface area is 145 Å². The number of hydrogen-bond donors (Lipinski definition) is 3. The Morgan fingerprint density at radius 3 is 2.84 bits per heavy atom. The van der Waals surface area contributed by atoms with Gasteiger partial charge in [-0.25, -0.2) is 10.4 Å². The van der Waals surface area contributed by atoms with E-state index in [1.807, 2.05) is 24.3 Å². The maximum Gasteiger partial charge on any atom is 0.326 e. The van der Waals surface area contributed by atoms with Crippen molar-refractivity contribution >= 4 is 11.7 Å². The third-order valence-corrected chi connectivity index (χ3v) is 3.91. The molecule has 1 unspecified atom stereocenters. The Bertz CT molecular complexity index is 757. The van der Waals surface area contributed by atoms with Crippen LogP contribution >= 0.6 is 0 Å². The number of carboxylic acids is 1. The standard InChI is InChI=1S/C17H20N4O4/c1-24-15-7-6-11(9-18-15)10-21-14(8-13(20-21)17(22)23)12-4-3-5-16(19-12)25-2/h3-8,13,18,20H,9-10H2,1-2H3,(H,22,23). The van der Waals surface area contributed by atoms with Crippen LogP contribution in [0.15, 0.2) is 47.9 Å². The monoisotopic (exact) mass is 344 g/mol. The highest BCUT2D eigenvalue weighted by atomic mass is 16.5. The van der Waals surface area contributed by atoms with Crippen molar-refractivity contribution in [3.63, 3.8) is 0 Å². The quantitative estimate of drug-likeness (QED) is 0.695. The van der Waals surface area contributed by atoms with Gasteiger partial charge in [-0.1, -0.05) is 12.1 Å². The summed E-state index contributed by atoms with van der Waals surface area (Å²) < 4.78 is 10.3. The summed E-state index contributed by atoms with van der Waals surface area (Å²) in [6.07, 6.45) is 5.45. The fourth-order valence-corrected chi connectivity index (χ4v) is 2.64. The van der Waals surface area contributed by atoms with Gasteiger partial charge < -0.3 is 24.9 Å². The van der Waals surface area contributed by atoms with E-state index in [4.69, 9.17) is 9.47 Å². The Morgan fingerprint density at radius 2 is 2.20 bits per heavy atom. The van der Waals surface area contributed by atoms with Crippen molar-refractivity contribution < 1.29 is 19.4 Å². The first-order chi connectivity index (χ1) is 12.1. The van der Waals surface area contributed by atoms with Gasteiger partial charge in [0.2, 0.25) is 5.88 Å². The number of carbonyl (C=O) groups is 1. The molecule has 3 rings (SSSR count). The lowest BCUT2D eigenvalue weighted by Gasteiger charge is -2.26. The van der Waals surface area contributed by atoms with Crippen molar-refractivity contribution in [1.82, 2.24) is 20.7 Å². The van der Waals surface area contributed by atoms with Gasteiger partial charge in [-0.15, -0.1) is 0 Å². The van der Waals surface area contributed by atoms with E-state index < -0.39 is 12.0 Å². The molecule has 2 aliphatic heterocycles. The molecule has 0 radical (unpaired) electrons. The summed E-state index contributed by atoms with van der Waals surface area (Å²) in [5.74, 6) is 0.232. The number of dihydropyridines is 1. The first-order valence-electron chi connectivity index (χ1n) is 7.78. The normalized spacial score (nSPS) is 19.5. The predicted molar refractivity (Wildman–Crippen MR) is 91.2 cm³/mol. The fourth-order valence-electron chi connectivity index (χ4n) is 2.64. The highest BCUT2D eigenvalue weighted by Crippen LogP contribution is 2.25. The van der Waals surface area contributed by atoms with Crippen LogP contribution in [-0.2, 0) is 9.53 Å². The molecule has 0 aliphatic carbocycles. The van der Waals surface area contributed by atoms with Gasteiger partial charge in [0.15, 0.2) is 5.88 Å². The van der Waals surface area contributed by atoms with E-state index in [0.717, 1.165) is 5.57 Å². The number of allylic oxidation sites excluding steroid dienone is 2. The summed E-state index contributed by atoms with van der Waals surface area (Å²) >= 11 is 0. The van der Waals surface area contributed by atoms with Crippen molar-refractivity contribution in [1.29, 1.82) is 0 Å². The molecule has 0 aromatic carbocycles. The van der Waals surface area contributed by atoms with Crippen LogP contribution in [0, 0.1) is 0 Å². The molecule has 2 aliphatic rings. The maximum atomic E-state index is 11.4. The highest BCUT2D eigenvalue weighted by molar-refractivity contribution is 5.81. The number of pyridine rings is 1. The van der Waals surface area contributed by atoms with Gasteiger partial charge in [-0.2, -0.15) is 0 Å². The second kappa shape index (κ2) is 7.27. The van der Waals surface area contributed by atoms with Crippen LogP contribution in [0.25, 0.3) is 5.70 Å². The molecular weight excluding hydrogens is 324 g/mol. The lowest BCUT2D eigenvalue weighted by Crippen LogP contribution is -2.42. The summed E-state index contributed by atoms with van der Waals surface area (Å²) in [7, 11) is 3.15. The van der Waals surface area contributed by atoms with E-state index in [-0.39, 0.29) is 0 Å². The van der Waals surface area contributed by atoms with Gasteiger partial charge in [-0.3, -0.25) is 4.79 Å². The Kier molecular flexibility index (Phi) is 4.90. The number of nitrogens with one attached hydrogen (secondary N) is 2. The average molecular weight is 344 g/mol. The molecule has 0 spiro atoms. The zero-order chi connectivity index (χ0) is 17.8. The van der Waals surface area contributed by atoms with E-state index in [1.54, 1.807) is 31.4 Å². The fraction of sp³-hybridized carbons (Fsp3) is 0.294. The molecule has 0 amide bonds. The second-order valence-corrected chi connectivity index (χ2v) is 5.56. The van der Waals surface area contributed by atoms with Crippen LogP contribution in [0.3, 0.4) is 0 Å². The third-order valence-electron chi connectivity index (χ3n) is 3.91. The zero-order valence-electron chi connectivity index (χ0n) is 14.0. The number of aliphatic carboxylic acids is 1. The Hall–Kier alpha value is -3.00. The number of nitrogens with zero attached hydrogens (tertiary/aromatic N) is 2. The molecule has 3 N–H and O–H groups in total. The van der Waals surface area contributed by atoms with Crippen LogP contribution in [0.1, 0.15) is 5.69 Å². The molecule has 25 heavy (non-hydrogen) atoms. The lowest BCUT2D eigenvalue weighted by molar-refractivity contribution is -0.138. The number of aromatic nitrogens is 1. The summed E-state index contributed by atoms with van der Waals surface area (Å²) in [4.78, 5) is 15.8. The number of rotatable bonds is 6. The topological polar surface area (TPSA) is 96.0 Å². The van der Waals surface area contributed by atoms with Crippen molar-refractivity contribution in [3.8, 4) is 5.88 Å². The molecule has 8 nitrogen and oxygen atoms in total. The molecule has 1 atom stereocenters. The third kappa shape index (κ3) is 3.74. The van der Waals surface area contributed by atoms with Crippen molar-refractivity contribution in [2.24, 2.45) is 0 Å². The van der Waals surface area contributed by atoms with Crippen molar-refractivity contribution in [3.05, 3.63) is 53.6 Å². The zero-order valence-corrected chi connectivity index (χ0v) is 14.0. The van der Waals surface area contributed by atoms with Crippen LogP contribution in [-0.4, -0.2) is 54.4 Å². The second-order valence-electron chi connectivity index (χ2n) is 5.56. The summed E-state index contributed by atoms with van der Waals surface area (Å²) in [5, 5.41) is 14.3. The van der Waals surface area contributed by atoms with Crippen molar-refractivity contribution in [2.75, 3.05) is 27.3 Å². The number of methoxy groups -OCH3 is 2. The number of ether oxygens (including phenoxy) is 2. The molecule has 8 heteroatoms. The van der Waals surface area contributed by atoms with Crippen LogP contribution in [0.4, 0.5) is 0 Å². The van der Waals surface area contributed by atoms with Gasteiger partial charge in [0.25, 0.3) is 0 Å². The Morgan fingerprint density at radius 1 is 1.36 bits per heavy atom. The smallest absolute Gasteiger partial charge is 0.326 e. The minimum Gasteiger partial charge on any atom is -0.483 e. The van der Waals surface area contributed by atoms with Crippen molar-refractivity contribution in [2.45, 2.75) is 6.04 Å². The van der Waals surface area contributed by atoms with Gasteiger partial charge in [0.1, 0.15) is 6.04 Å². The maximum absolute atomic E-state index is 11.4. The van der Waals surface area contributed by atoms with E-state index in [1.165, 1.54) is 0 Å². The molecule has 1 aromatic heterocycles. The number of hydrazine groups is 1. The Balaban J connectivity index is 1.84. The summed E-state index contributed by atoms with van der Waals surface area (Å²) in [5.41, 5.74) is 5.41. The SMILES string of the molecule is COC1=CC=C(CN2NC(C(=O)O)C=C2c2cccc(OC)n2)CN1. The summed E-state index contributed by atoms with van der Waals surface area (Å²) in [6, 6.07) is 4.59. The first-order valence-corrected chi connectivity index (χ1v) is 7.78. The van der Waals surface area contributed by atoms with E-state index in [0.29, 0.717) is 36.2 Å². The van der Waals surface area contributed by atoms with E-state index >= 15 is 0 Å². The summed E-state index contributed by atoms with van der Waals surface area (Å²) in [6.45, 7) is 1.13. The minimum absolute atomic E-state index is 0.475. The first kappa shape index (κ1) is 16.8. The van der Waals surface area contributed by atoms with Crippen LogP contribution < -0.4 is 15.5 Å². The van der Waals surface area contributed by atoms with Gasteiger partial charge in [0, 0.05) is 12.6 Å². The van der Waals surface area contributed by atoms with Crippen LogP contribution in [0.2, 0.25) is 0 Å². The molecule has 0 bridgehead atoms. The van der Waals surface area contributed by atoms with Crippen LogP contribution in [0.5, 0.6) is 5.88 Å². The number of hydrogen-bond acceptors (Lipinski definition) is 7.